The van der Waals surface area contributed by atoms with Crippen LogP contribution < -0.4 is 10.5 Å². The quantitative estimate of drug-likeness (QED) is 0.883. The summed E-state index contributed by atoms with van der Waals surface area (Å²) in [6.45, 7) is 6.32. The van der Waals surface area contributed by atoms with Crippen molar-refractivity contribution >= 4 is 5.82 Å². The van der Waals surface area contributed by atoms with Crippen molar-refractivity contribution in [3.05, 3.63) is 23.8 Å². The summed E-state index contributed by atoms with van der Waals surface area (Å²) >= 11 is 0. The smallest absolute Gasteiger partial charge is 0.167 e. The Kier molecular flexibility index (Phi) is 3.38. The molecular formula is C15H21N3O2. The highest BCUT2D eigenvalue weighted by molar-refractivity contribution is 5.73. The van der Waals surface area contributed by atoms with Crippen LogP contribution in [0.4, 0.5) is 5.82 Å². The van der Waals surface area contributed by atoms with Crippen LogP contribution in [0.2, 0.25) is 0 Å². The number of benzene rings is 1. The lowest BCUT2D eigenvalue weighted by molar-refractivity contribution is 0.372. The van der Waals surface area contributed by atoms with E-state index in [1.807, 2.05) is 12.1 Å². The van der Waals surface area contributed by atoms with E-state index in [2.05, 4.69) is 25.9 Å². The molecule has 0 spiro atoms. The van der Waals surface area contributed by atoms with Crippen LogP contribution in [0, 0.1) is 0 Å². The Balaban J connectivity index is 2.68. The number of nitrogens with zero attached hydrogens (tertiary/aromatic N) is 2. The Labute approximate surface area is 119 Å². The average molecular weight is 275 g/mol. The molecule has 5 nitrogen and oxygen atoms in total. The summed E-state index contributed by atoms with van der Waals surface area (Å²) in [5.41, 5.74) is 8.07. The maximum Gasteiger partial charge on any atom is 0.167 e. The van der Waals surface area contributed by atoms with Gasteiger partial charge in [-0.15, -0.1) is 0 Å². The van der Waals surface area contributed by atoms with Gasteiger partial charge in [-0.05, 0) is 23.1 Å². The van der Waals surface area contributed by atoms with Crippen molar-refractivity contribution in [1.29, 1.82) is 0 Å². The summed E-state index contributed by atoms with van der Waals surface area (Å²) in [5.74, 6) is 1.06. The Hall–Kier alpha value is -2.17. The number of hydrogen-bond donors (Lipinski definition) is 2. The summed E-state index contributed by atoms with van der Waals surface area (Å²) in [6, 6.07) is 5.52. The zero-order chi connectivity index (χ0) is 15.1. The van der Waals surface area contributed by atoms with Crippen molar-refractivity contribution in [2.45, 2.75) is 26.2 Å². The first-order valence-corrected chi connectivity index (χ1v) is 6.45. The van der Waals surface area contributed by atoms with Crippen molar-refractivity contribution in [1.82, 2.24) is 9.78 Å². The molecule has 1 heterocycles. The van der Waals surface area contributed by atoms with Crippen LogP contribution in [0.15, 0.2) is 18.2 Å². The molecule has 2 rings (SSSR count). The molecule has 0 aliphatic heterocycles. The van der Waals surface area contributed by atoms with E-state index < -0.39 is 0 Å². The van der Waals surface area contributed by atoms with Gasteiger partial charge in [-0.1, -0.05) is 20.8 Å². The van der Waals surface area contributed by atoms with Crippen LogP contribution in [-0.2, 0) is 12.5 Å². The molecule has 0 aliphatic carbocycles. The topological polar surface area (TPSA) is 73.3 Å². The molecular weight excluding hydrogens is 254 g/mol. The number of aromatic nitrogens is 2. The van der Waals surface area contributed by atoms with Crippen LogP contribution in [0.1, 0.15) is 26.3 Å². The SMILES string of the molecule is COc1cc(C(C)(C)C)cc(-c2cc(N)n(C)n2)c1O. The Morgan fingerprint density at radius 3 is 2.35 bits per heavy atom. The van der Waals surface area contributed by atoms with Gasteiger partial charge in [0, 0.05) is 18.7 Å². The fourth-order valence-corrected chi connectivity index (χ4v) is 2.01. The fraction of sp³-hybridized carbons (Fsp3) is 0.400. The summed E-state index contributed by atoms with van der Waals surface area (Å²) in [4.78, 5) is 0. The summed E-state index contributed by atoms with van der Waals surface area (Å²) < 4.78 is 6.84. The Bertz CT molecular complexity index is 620. The third kappa shape index (κ3) is 2.43. The predicted molar refractivity (Wildman–Crippen MR) is 80.0 cm³/mol. The molecule has 0 amide bonds. The number of nitrogens with two attached hydrogens (primary N) is 1. The second-order valence-electron chi connectivity index (χ2n) is 5.90. The first kappa shape index (κ1) is 14.2. The van der Waals surface area contributed by atoms with Gasteiger partial charge >= 0.3 is 0 Å². The zero-order valence-corrected chi connectivity index (χ0v) is 12.6. The largest absolute Gasteiger partial charge is 0.504 e. The molecule has 3 N–H and O–H groups in total. The zero-order valence-electron chi connectivity index (χ0n) is 12.6. The molecule has 20 heavy (non-hydrogen) atoms. The molecule has 0 unspecified atom stereocenters. The second-order valence-corrected chi connectivity index (χ2v) is 5.90. The standard InChI is InChI=1S/C15H21N3O2/c1-15(2,3)9-6-10(14(19)12(7-9)20-5)11-8-13(16)18(4)17-11/h6-8,19H,16H2,1-5H3. The predicted octanol–water partition coefficient (Wildman–Crippen LogP) is 2.68. The van der Waals surface area contributed by atoms with E-state index in [-0.39, 0.29) is 11.2 Å². The van der Waals surface area contributed by atoms with E-state index in [1.54, 1.807) is 17.8 Å². The second kappa shape index (κ2) is 4.74. The van der Waals surface area contributed by atoms with Gasteiger partial charge in [0.25, 0.3) is 0 Å². The van der Waals surface area contributed by atoms with Gasteiger partial charge in [-0.2, -0.15) is 5.10 Å². The van der Waals surface area contributed by atoms with Crippen LogP contribution >= 0.6 is 0 Å². The third-order valence-electron chi connectivity index (χ3n) is 3.35. The van der Waals surface area contributed by atoms with E-state index >= 15 is 0 Å². The van der Waals surface area contributed by atoms with E-state index in [0.717, 1.165) is 5.56 Å². The number of rotatable bonds is 2. The number of aryl methyl sites for hydroxylation is 1. The monoisotopic (exact) mass is 275 g/mol. The summed E-state index contributed by atoms with van der Waals surface area (Å²) in [7, 11) is 3.30. The number of methoxy groups -OCH3 is 1. The highest BCUT2D eigenvalue weighted by atomic mass is 16.5. The highest BCUT2D eigenvalue weighted by Gasteiger charge is 2.21. The lowest BCUT2D eigenvalue weighted by Crippen LogP contribution is -2.11. The molecule has 0 radical (unpaired) electrons. The number of ether oxygens (including phenoxy) is 1. The van der Waals surface area contributed by atoms with Gasteiger partial charge < -0.3 is 15.6 Å². The van der Waals surface area contributed by atoms with Crippen molar-refractivity contribution in [2.24, 2.45) is 7.05 Å². The van der Waals surface area contributed by atoms with E-state index in [0.29, 0.717) is 22.8 Å². The minimum atomic E-state index is -0.0595. The number of nitrogen functional groups attached to an aromatic ring is 1. The van der Waals surface area contributed by atoms with Crippen LogP contribution in [0.3, 0.4) is 0 Å². The fourth-order valence-electron chi connectivity index (χ4n) is 2.01. The van der Waals surface area contributed by atoms with Crippen molar-refractivity contribution in [2.75, 3.05) is 12.8 Å². The van der Waals surface area contributed by atoms with Gasteiger partial charge in [-0.25, -0.2) is 0 Å². The van der Waals surface area contributed by atoms with Gasteiger partial charge in [0.05, 0.1) is 12.8 Å². The van der Waals surface area contributed by atoms with Crippen molar-refractivity contribution in [3.63, 3.8) is 0 Å². The minimum Gasteiger partial charge on any atom is -0.504 e. The molecule has 0 fully saturated rings. The molecule has 0 saturated carbocycles. The van der Waals surface area contributed by atoms with E-state index in [1.165, 1.54) is 7.11 Å². The first-order valence-electron chi connectivity index (χ1n) is 6.45. The van der Waals surface area contributed by atoms with Crippen LogP contribution in [-0.4, -0.2) is 22.0 Å². The number of phenolic OH excluding ortho intramolecular Hbond substituents is 1. The van der Waals surface area contributed by atoms with Crippen LogP contribution in [0.25, 0.3) is 11.3 Å². The summed E-state index contributed by atoms with van der Waals surface area (Å²) in [6.07, 6.45) is 0. The number of aromatic hydroxyl groups is 1. The molecule has 108 valence electrons. The van der Waals surface area contributed by atoms with Gasteiger partial charge in [0.1, 0.15) is 5.82 Å². The minimum absolute atomic E-state index is 0.0595. The molecule has 1 aromatic heterocycles. The average Bonchev–Trinajstić information content (AvgIpc) is 2.68. The Morgan fingerprint density at radius 1 is 1.25 bits per heavy atom. The first-order chi connectivity index (χ1) is 9.24. The molecule has 0 atom stereocenters. The molecule has 0 bridgehead atoms. The normalized spacial score (nSPS) is 11.7. The Morgan fingerprint density at radius 2 is 1.90 bits per heavy atom. The maximum atomic E-state index is 10.3. The summed E-state index contributed by atoms with van der Waals surface area (Å²) in [5, 5.41) is 14.6. The van der Waals surface area contributed by atoms with Gasteiger partial charge in [0.2, 0.25) is 0 Å². The van der Waals surface area contributed by atoms with E-state index in [4.69, 9.17) is 10.5 Å². The number of phenols is 1. The van der Waals surface area contributed by atoms with Crippen LogP contribution in [0.5, 0.6) is 11.5 Å². The maximum absolute atomic E-state index is 10.3. The lowest BCUT2D eigenvalue weighted by Gasteiger charge is -2.21. The molecule has 0 aliphatic rings. The van der Waals surface area contributed by atoms with Crippen molar-refractivity contribution in [3.8, 4) is 22.8 Å². The number of hydrogen-bond acceptors (Lipinski definition) is 4. The van der Waals surface area contributed by atoms with E-state index in [9.17, 15) is 5.11 Å². The van der Waals surface area contributed by atoms with Gasteiger partial charge in [0.15, 0.2) is 11.5 Å². The van der Waals surface area contributed by atoms with Crippen molar-refractivity contribution < 1.29 is 9.84 Å². The lowest BCUT2D eigenvalue weighted by atomic mass is 9.85. The number of anilines is 1. The molecule has 0 saturated heterocycles. The molecule has 1 aromatic carbocycles. The molecule has 5 heteroatoms. The van der Waals surface area contributed by atoms with Gasteiger partial charge in [-0.3, -0.25) is 4.68 Å². The highest BCUT2D eigenvalue weighted by Crippen LogP contribution is 2.41. The molecule has 2 aromatic rings. The third-order valence-corrected chi connectivity index (χ3v) is 3.35.